The van der Waals surface area contributed by atoms with E-state index in [0.717, 1.165) is 6.42 Å². The van der Waals surface area contributed by atoms with Gasteiger partial charge in [0.15, 0.2) is 0 Å². The van der Waals surface area contributed by atoms with Gasteiger partial charge in [0.1, 0.15) is 5.75 Å². The molecule has 0 fully saturated rings. The molecule has 0 saturated heterocycles. The van der Waals surface area contributed by atoms with Gasteiger partial charge in [-0.1, -0.05) is 13.8 Å². The second-order valence-electron chi connectivity index (χ2n) is 5.41. The van der Waals surface area contributed by atoms with Gasteiger partial charge in [0.2, 0.25) is 10.0 Å². The first-order valence-corrected chi connectivity index (χ1v) is 8.62. The average Bonchev–Trinajstić information content (AvgIpc) is 2.45. The maximum Gasteiger partial charge on any atom is 0.242 e. The van der Waals surface area contributed by atoms with Crippen molar-refractivity contribution in [2.24, 2.45) is 5.92 Å². The number of aliphatic hydroxyl groups is 1. The molecule has 120 valence electrons. The van der Waals surface area contributed by atoms with Crippen molar-refractivity contribution in [3.05, 3.63) is 24.3 Å². The van der Waals surface area contributed by atoms with E-state index in [9.17, 15) is 8.42 Å². The van der Waals surface area contributed by atoms with Gasteiger partial charge in [-0.25, -0.2) is 12.7 Å². The van der Waals surface area contributed by atoms with Crippen molar-refractivity contribution >= 4 is 10.0 Å². The third kappa shape index (κ3) is 5.65. The van der Waals surface area contributed by atoms with Gasteiger partial charge < -0.3 is 9.84 Å². The van der Waals surface area contributed by atoms with Gasteiger partial charge in [0, 0.05) is 26.6 Å². The molecule has 0 saturated carbocycles. The van der Waals surface area contributed by atoms with E-state index in [1.807, 2.05) is 0 Å². The molecule has 1 rings (SSSR count). The molecule has 0 radical (unpaired) electrons. The molecule has 0 aliphatic carbocycles. The average molecular weight is 315 g/mol. The lowest BCUT2D eigenvalue weighted by molar-refractivity contribution is 0.233. The van der Waals surface area contributed by atoms with Crippen molar-refractivity contribution in [3.63, 3.8) is 0 Å². The van der Waals surface area contributed by atoms with Crippen molar-refractivity contribution in [2.75, 3.05) is 26.8 Å². The number of nitrogens with zero attached hydrogens (tertiary/aromatic N) is 1. The van der Waals surface area contributed by atoms with Crippen LogP contribution in [0.25, 0.3) is 0 Å². The molecule has 0 aromatic heterocycles. The van der Waals surface area contributed by atoms with Crippen LogP contribution in [0.15, 0.2) is 29.2 Å². The van der Waals surface area contributed by atoms with Gasteiger partial charge in [-0.05, 0) is 36.6 Å². The van der Waals surface area contributed by atoms with E-state index in [4.69, 9.17) is 9.84 Å². The Bertz CT molecular complexity index is 511. The minimum atomic E-state index is -3.44. The standard InChI is InChI=1S/C15H25NO4S/c1-13(2)9-10-16(3)21(18,19)15-7-5-14(6-8-15)20-12-4-11-17/h5-8,13,17H,4,9-12H2,1-3H3. The molecule has 0 aliphatic heterocycles. The highest BCUT2D eigenvalue weighted by atomic mass is 32.2. The highest BCUT2D eigenvalue weighted by Crippen LogP contribution is 2.19. The summed E-state index contributed by atoms with van der Waals surface area (Å²) in [5, 5.41) is 8.68. The Labute approximate surface area is 127 Å². The molecular weight excluding hydrogens is 290 g/mol. The van der Waals surface area contributed by atoms with Crippen LogP contribution < -0.4 is 4.74 Å². The third-order valence-electron chi connectivity index (χ3n) is 3.12. The summed E-state index contributed by atoms with van der Waals surface area (Å²) in [5.74, 6) is 1.07. The Morgan fingerprint density at radius 3 is 2.38 bits per heavy atom. The summed E-state index contributed by atoms with van der Waals surface area (Å²) >= 11 is 0. The lowest BCUT2D eigenvalue weighted by Gasteiger charge is -2.18. The van der Waals surface area contributed by atoms with Crippen molar-refractivity contribution < 1.29 is 18.3 Å². The number of hydrogen-bond donors (Lipinski definition) is 1. The molecule has 0 heterocycles. The summed E-state index contributed by atoms with van der Waals surface area (Å²) in [6.45, 7) is 5.14. The highest BCUT2D eigenvalue weighted by Gasteiger charge is 2.20. The normalized spacial score (nSPS) is 12.1. The zero-order chi connectivity index (χ0) is 15.9. The summed E-state index contributed by atoms with van der Waals surface area (Å²) in [6, 6.07) is 6.38. The van der Waals surface area contributed by atoms with Crippen LogP contribution in [0.5, 0.6) is 5.75 Å². The molecule has 0 bridgehead atoms. The van der Waals surface area contributed by atoms with Crippen LogP contribution >= 0.6 is 0 Å². The van der Waals surface area contributed by atoms with E-state index < -0.39 is 10.0 Å². The zero-order valence-corrected chi connectivity index (χ0v) is 13.8. The fourth-order valence-electron chi connectivity index (χ4n) is 1.70. The lowest BCUT2D eigenvalue weighted by Crippen LogP contribution is -2.28. The Balaban J connectivity index is 2.70. The zero-order valence-electron chi connectivity index (χ0n) is 12.9. The molecule has 0 unspecified atom stereocenters. The fraction of sp³-hybridized carbons (Fsp3) is 0.600. The van der Waals surface area contributed by atoms with Crippen LogP contribution in [0.3, 0.4) is 0 Å². The number of benzene rings is 1. The quantitative estimate of drug-likeness (QED) is 0.709. The predicted molar refractivity (Wildman–Crippen MR) is 82.9 cm³/mol. The first-order chi connectivity index (χ1) is 9.87. The van der Waals surface area contributed by atoms with Crippen LogP contribution in [0.2, 0.25) is 0 Å². The summed E-state index contributed by atoms with van der Waals surface area (Å²) in [5.41, 5.74) is 0. The number of rotatable bonds is 9. The molecule has 1 N–H and O–H groups in total. The summed E-state index contributed by atoms with van der Waals surface area (Å²) in [7, 11) is -1.84. The van der Waals surface area contributed by atoms with Crippen LogP contribution in [-0.2, 0) is 10.0 Å². The molecule has 0 spiro atoms. The molecule has 21 heavy (non-hydrogen) atoms. The molecule has 0 atom stereocenters. The molecule has 0 amide bonds. The highest BCUT2D eigenvalue weighted by molar-refractivity contribution is 7.89. The maximum absolute atomic E-state index is 12.4. The molecule has 0 aliphatic rings. The monoisotopic (exact) mass is 315 g/mol. The second-order valence-corrected chi connectivity index (χ2v) is 7.45. The van der Waals surface area contributed by atoms with Crippen molar-refractivity contribution in [1.29, 1.82) is 0 Å². The summed E-state index contributed by atoms with van der Waals surface area (Å²) < 4.78 is 31.5. The van der Waals surface area contributed by atoms with Crippen molar-refractivity contribution in [1.82, 2.24) is 4.31 Å². The Kier molecular flexibility index (Phi) is 7.14. The molecule has 1 aromatic rings. The van der Waals surface area contributed by atoms with Crippen LogP contribution in [0.4, 0.5) is 0 Å². The first-order valence-electron chi connectivity index (χ1n) is 7.18. The number of aliphatic hydroxyl groups excluding tert-OH is 1. The lowest BCUT2D eigenvalue weighted by atomic mass is 10.1. The second kappa shape index (κ2) is 8.36. The maximum atomic E-state index is 12.4. The van der Waals surface area contributed by atoms with Crippen LogP contribution in [0, 0.1) is 5.92 Å². The third-order valence-corrected chi connectivity index (χ3v) is 5.00. The van der Waals surface area contributed by atoms with E-state index in [-0.39, 0.29) is 11.5 Å². The van der Waals surface area contributed by atoms with Crippen molar-refractivity contribution in [2.45, 2.75) is 31.6 Å². The Morgan fingerprint density at radius 2 is 1.86 bits per heavy atom. The van der Waals surface area contributed by atoms with Gasteiger partial charge in [0.05, 0.1) is 11.5 Å². The number of sulfonamides is 1. The summed E-state index contributed by atoms with van der Waals surface area (Å²) in [4.78, 5) is 0.267. The van der Waals surface area contributed by atoms with E-state index in [1.165, 1.54) is 4.31 Å². The molecule has 6 heteroatoms. The minimum Gasteiger partial charge on any atom is -0.494 e. The van der Waals surface area contributed by atoms with Gasteiger partial charge in [-0.2, -0.15) is 0 Å². The smallest absolute Gasteiger partial charge is 0.242 e. The number of ether oxygens (including phenoxy) is 1. The Morgan fingerprint density at radius 1 is 1.24 bits per heavy atom. The largest absolute Gasteiger partial charge is 0.494 e. The summed E-state index contributed by atoms with van der Waals surface area (Å²) in [6.07, 6.45) is 1.38. The molecular formula is C15H25NO4S. The van der Waals surface area contributed by atoms with Gasteiger partial charge >= 0.3 is 0 Å². The van der Waals surface area contributed by atoms with Crippen LogP contribution in [-0.4, -0.2) is 44.6 Å². The SMILES string of the molecule is CC(C)CCN(C)S(=O)(=O)c1ccc(OCCCO)cc1. The molecule has 5 nitrogen and oxygen atoms in total. The van der Waals surface area contributed by atoms with Crippen LogP contribution in [0.1, 0.15) is 26.7 Å². The topological polar surface area (TPSA) is 66.8 Å². The fourth-order valence-corrected chi connectivity index (χ4v) is 2.89. The van der Waals surface area contributed by atoms with E-state index in [0.29, 0.717) is 31.2 Å². The molecule has 1 aromatic carbocycles. The van der Waals surface area contributed by atoms with Gasteiger partial charge in [0.25, 0.3) is 0 Å². The van der Waals surface area contributed by atoms with Gasteiger partial charge in [-0.15, -0.1) is 0 Å². The van der Waals surface area contributed by atoms with E-state index >= 15 is 0 Å². The van der Waals surface area contributed by atoms with Gasteiger partial charge in [-0.3, -0.25) is 0 Å². The number of hydrogen-bond acceptors (Lipinski definition) is 4. The Hall–Kier alpha value is -1.11. The first kappa shape index (κ1) is 17.9. The van der Waals surface area contributed by atoms with E-state index in [1.54, 1.807) is 31.3 Å². The predicted octanol–water partition coefficient (Wildman–Crippen LogP) is 2.11. The van der Waals surface area contributed by atoms with E-state index in [2.05, 4.69) is 13.8 Å². The minimum absolute atomic E-state index is 0.0765. The van der Waals surface area contributed by atoms with Crippen molar-refractivity contribution in [3.8, 4) is 5.75 Å².